The molecular formula is C18H21N3O2S2. The van der Waals surface area contributed by atoms with E-state index >= 15 is 0 Å². The normalized spacial score (nSPS) is 11.1. The molecule has 0 bridgehead atoms. The third-order valence-electron chi connectivity index (χ3n) is 3.94. The van der Waals surface area contributed by atoms with Crippen molar-refractivity contribution in [2.75, 3.05) is 12.3 Å². The number of para-hydroxylation sites is 2. The maximum Gasteiger partial charge on any atom is 0.329 e. The third kappa shape index (κ3) is 4.16. The van der Waals surface area contributed by atoms with Crippen molar-refractivity contribution in [3.63, 3.8) is 0 Å². The molecule has 0 unspecified atom stereocenters. The van der Waals surface area contributed by atoms with Gasteiger partial charge in [0.05, 0.1) is 11.0 Å². The Kier molecular flexibility index (Phi) is 5.99. The van der Waals surface area contributed by atoms with Gasteiger partial charge in [-0.25, -0.2) is 4.79 Å². The third-order valence-corrected chi connectivity index (χ3v) is 6.00. The molecule has 1 N–H and O–H groups in total. The van der Waals surface area contributed by atoms with Crippen molar-refractivity contribution in [1.29, 1.82) is 0 Å². The molecule has 0 aliphatic heterocycles. The molecule has 5 nitrogen and oxygen atoms in total. The highest BCUT2D eigenvalue weighted by atomic mass is 32.2. The Bertz CT molecular complexity index is 897. The first-order valence-corrected chi connectivity index (χ1v) is 10.3. The fourth-order valence-corrected chi connectivity index (χ4v) is 4.46. The number of nitrogens with zero attached hydrogens (tertiary/aromatic N) is 2. The monoisotopic (exact) mass is 375 g/mol. The standard InChI is InChI=1S/C18H21N3O2S2/c1-2-20-15-7-3-4-8-16(15)21(18(20)23)12-17(22)19-9-11-24-13-14-6-5-10-25-14/h3-8,10H,2,9,11-13H2,1H3,(H,19,22). The highest BCUT2D eigenvalue weighted by Crippen LogP contribution is 2.16. The number of fused-ring (bicyclic) bond motifs is 1. The highest BCUT2D eigenvalue weighted by Gasteiger charge is 2.13. The van der Waals surface area contributed by atoms with Crippen molar-refractivity contribution < 1.29 is 4.79 Å². The van der Waals surface area contributed by atoms with E-state index in [4.69, 9.17) is 0 Å². The molecule has 3 rings (SSSR count). The van der Waals surface area contributed by atoms with E-state index in [0.717, 1.165) is 22.5 Å². The largest absolute Gasteiger partial charge is 0.354 e. The summed E-state index contributed by atoms with van der Waals surface area (Å²) in [5.41, 5.74) is 1.54. The molecule has 0 aliphatic carbocycles. The van der Waals surface area contributed by atoms with Crippen molar-refractivity contribution in [2.24, 2.45) is 0 Å². The van der Waals surface area contributed by atoms with Gasteiger partial charge in [-0.3, -0.25) is 13.9 Å². The molecule has 2 aromatic heterocycles. The number of benzene rings is 1. The van der Waals surface area contributed by atoms with Gasteiger partial charge in [0.2, 0.25) is 5.91 Å². The maximum absolute atomic E-state index is 12.5. The van der Waals surface area contributed by atoms with Gasteiger partial charge < -0.3 is 5.32 Å². The smallest absolute Gasteiger partial charge is 0.329 e. The van der Waals surface area contributed by atoms with Crippen LogP contribution < -0.4 is 11.0 Å². The van der Waals surface area contributed by atoms with Crippen LogP contribution in [0.5, 0.6) is 0 Å². The molecule has 1 aromatic carbocycles. The zero-order chi connectivity index (χ0) is 17.6. The molecule has 132 valence electrons. The van der Waals surface area contributed by atoms with E-state index in [1.807, 2.05) is 37.3 Å². The molecule has 0 saturated carbocycles. The van der Waals surface area contributed by atoms with Crippen molar-refractivity contribution in [2.45, 2.75) is 25.8 Å². The van der Waals surface area contributed by atoms with Crippen LogP contribution in [0.2, 0.25) is 0 Å². The zero-order valence-electron chi connectivity index (χ0n) is 14.1. The van der Waals surface area contributed by atoms with Gasteiger partial charge in [-0.2, -0.15) is 11.8 Å². The summed E-state index contributed by atoms with van der Waals surface area (Å²) in [6.45, 7) is 3.19. The summed E-state index contributed by atoms with van der Waals surface area (Å²) >= 11 is 3.54. The number of rotatable bonds is 8. The Balaban J connectivity index is 1.55. The van der Waals surface area contributed by atoms with Crippen LogP contribution in [0.4, 0.5) is 0 Å². The van der Waals surface area contributed by atoms with Gasteiger partial charge >= 0.3 is 5.69 Å². The minimum Gasteiger partial charge on any atom is -0.354 e. The molecule has 0 spiro atoms. The Morgan fingerprint density at radius 1 is 1.16 bits per heavy atom. The van der Waals surface area contributed by atoms with Crippen LogP contribution in [0.3, 0.4) is 0 Å². The summed E-state index contributed by atoms with van der Waals surface area (Å²) in [5.74, 6) is 1.70. The lowest BCUT2D eigenvalue weighted by molar-refractivity contribution is -0.121. The second-order valence-electron chi connectivity index (χ2n) is 5.58. The predicted octanol–water partition coefficient (Wildman–Crippen LogP) is 2.93. The summed E-state index contributed by atoms with van der Waals surface area (Å²) in [6.07, 6.45) is 0. The number of aromatic nitrogens is 2. The van der Waals surface area contributed by atoms with Crippen LogP contribution in [0.1, 0.15) is 11.8 Å². The summed E-state index contributed by atoms with van der Waals surface area (Å²) in [6, 6.07) is 11.8. The number of thioether (sulfide) groups is 1. The first-order chi connectivity index (χ1) is 12.2. The van der Waals surface area contributed by atoms with E-state index in [0.29, 0.717) is 13.1 Å². The average Bonchev–Trinajstić information content (AvgIpc) is 3.22. The first-order valence-electron chi connectivity index (χ1n) is 8.25. The molecule has 0 aliphatic rings. The molecule has 7 heteroatoms. The summed E-state index contributed by atoms with van der Waals surface area (Å²) < 4.78 is 3.24. The van der Waals surface area contributed by atoms with Crippen LogP contribution >= 0.6 is 23.1 Å². The number of imidazole rings is 1. The molecule has 0 atom stereocenters. The Hall–Kier alpha value is -1.99. The lowest BCUT2D eigenvalue weighted by atomic mass is 10.3. The number of thiophene rings is 1. The van der Waals surface area contributed by atoms with E-state index in [-0.39, 0.29) is 18.1 Å². The number of nitrogens with one attached hydrogen (secondary N) is 1. The van der Waals surface area contributed by atoms with Gasteiger partial charge in [0.25, 0.3) is 0 Å². The van der Waals surface area contributed by atoms with Gasteiger partial charge in [-0.1, -0.05) is 18.2 Å². The lowest BCUT2D eigenvalue weighted by Crippen LogP contribution is -2.34. The number of aryl methyl sites for hydroxylation is 1. The van der Waals surface area contributed by atoms with Crippen LogP contribution in [0.15, 0.2) is 46.6 Å². The number of carbonyl (C=O) groups excluding carboxylic acids is 1. The second kappa shape index (κ2) is 8.40. The minimum atomic E-state index is -0.133. The highest BCUT2D eigenvalue weighted by molar-refractivity contribution is 7.98. The van der Waals surface area contributed by atoms with E-state index in [1.165, 1.54) is 4.88 Å². The van der Waals surface area contributed by atoms with E-state index in [9.17, 15) is 9.59 Å². The van der Waals surface area contributed by atoms with Crippen molar-refractivity contribution in [3.05, 3.63) is 57.1 Å². The second-order valence-corrected chi connectivity index (χ2v) is 7.72. The molecular weight excluding hydrogens is 354 g/mol. The minimum absolute atomic E-state index is 0.0575. The molecule has 0 fully saturated rings. The zero-order valence-corrected chi connectivity index (χ0v) is 15.7. The van der Waals surface area contributed by atoms with Crippen LogP contribution in [-0.4, -0.2) is 27.3 Å². The van der Waals surface area contributed by atoms with E-state index in [1.54, 1.807) is 32.2 Å². The van der Waals surface area contributed by atoms with Crippen molar-refractivity contribution in [3.8, 4) is 0 Å². The number of hydrogen-bond acceptors (Lipinski definition) is 4. The summed E-state index contributed by atoms with van der Waals surface area (Å²) in [5, 5.41) is 4.98. The van der Waals surface area contributed by atoms with Gasteiger partial charge in [-0.05, 0) is 30.5 Å². The van der Waals surface area contributed by atoms with E-state index in [2.05, 4.69) is 16.8 Å². The Morgan fingerprint density at radius 2 is 1.92 bits per heavy atom. The summed E-state index contributed by atoms with van der Waals surface area (Å²) in [4.78, 5) is 26.1. The SMILES string of the molecule is CCn1c(=O)n(CC(=O)NCCSCc2cccs2)c2ccccc21. The predicted molar refractivity (Wildman–Crippen MR) is 105 cm³/mol. The quantitative estimate of drug-likeness (QED) is 0.616. The number of carbonyl (C=O) groups is 1. The molecule has 1 amide bonds. The van der Waals surface area contributed by atoms with E-state index < -0.39 is 0 Å². The fraction of sp³-hybridized carbons (Fsp3) is 0.333. The molecule has 3 aromatic rings. The van der Waals surface area contributed by atoms with Crippen molar-refractivity contribution in [1.82, 2.24) is 14.5 Å². The molecule has 25 heavy (non-hydrogen) atoms. The Morgan fingerprint density at radius 3 is 2.60 bits per heavy atom. The summed E-state index contributed by atoms with van der Waals surface area (Å²) in [7, 11) is 0. The molecule has 0 saturated heterocycles. The van der Waals surface area contributed by atoms with Crippen LogP contribution in [0.25, 0.3) is 11.0 Å². The number of hydrogen-bond donors (Lipinski definition) is 1. The van der Waals surface area contributed by atoms with Gasteiger partial charge in [0, 0.05) is 29.5 Å². The van der Waals surface area contributed by atoms with Gasteiger partial charge in [0.1, 0.15) is 6.54 Å². The fourth-order valence-electron chi connectivity index (χ4n) is 2.76. The van der Waals surface area contributed by atoms with Crippen LogP contribution in [0, 0.1) is 0 Å². The van der Waals surface area contributed by atoms with Gasteiger partial charge in [-0.15, -0.1) is 11.3 Å². The average molecular weight is 376 g/mol. The Labute approximate surface area is 154 Å². The number of amides is 1. The molecule has 0 radical (unpaired) electrons. The lowest BCUT2D eigenvalue weighted by Gasteiger charge is -2.06. The topological polar surface area (TPSA) is 56.0 Å². The van der Waals surface area contributed by atoms with Gasteiger partial charge in [0.15, 0.2) is 0 Å². The van der Waals surface area contributed by atoms with Crippen molar-refractivity contribution >= 4 is 40.0 Å². The molecule has 2 heterocycles. The first kappa shape index (κ1) is 17.8. The maximum atomic E-state index is 12.5. The van der Waals surface area contributed by atoms with Crippen LogP contribution in [-0.2, 0) is 23.6 Å².